The normalized spacial score (nSPS) is 15.4. The number of carbonyl (C=O) groups excluding carboxylic acids is 1. The van der Waals surface area contributed by atoms with Crippen LogP contribution in [0.2, 0.25) is 0 Å². The number of hydrogen-bond acceptors (Lipinski definition) is 3. The molecule has 1 unspecified atom stereocenters. The Morgan fingerprint density at radius 1 is 1.31 bits per heavy atom. The molecular weight excluding hydrogens is 394 g/mol. The van der Waals surface area contributed by atoms with E-state index in [4.69, 9.17) is 4.74 Å². The van der Waals surface area contributed by atoms with Crippen LogP contribution < -0.4 is 10.1 Å². The first-order chi connectivity index (χ1) is 12.6. The number of ether oxygens (including phenoxy) is 1. The number of aromatic nitrogens is 2. The van der Waals surface area contributed by atoms with E-state index in [0.29, 0.717) is 12.1 Å². The summed E-state index contributed by atoms with van der Waals surface area (Å²) in [5.41, 5.74) is 3.47. The maximum atomic E-state index is 12.6. The molecule has 1 amide bonds. The van der Waals surface area contributed by atoms with Crippen molar-refractivity contribution >= 4 is 21.8 Å². The fourth-order valence-electron chi connectivity index (χ4n) is 3.17. The van der Waals surface area contributed by atoms with E-state index in [2.05, 4.69) is 32.4 Å². The molecule has 132 valence electrons. The van der Waals surface area contributed by atoms with Crippen LogP contribution in [0.4, 0.5) is 0 Å². The molecule has 1 aromatic heterocycles. The lowest BCUT2D eigenvalue weighted by atomic mass is 10.1. The summed E-state index contributed by atoms with van der Waals surface area (Å²) in [5.74, 6) is 0.772. The van der Waals surface area contributed by atoms with Crippen LogP contribution in [-0.2, 0) is 6.42 Å². The summed E-state index contributed by atoms with van der Waals surface area (Å²) < 4.78 is 8.60. The first kappa shape index (κ1) is 16.8. The molecule has 0 saturated heterocycles. The lowest BCUT2D eigenvalue weighted by molar-refractivity contribution is 0.0933. The molecule has 0 aliphatic carbocycles. The zero-order valence-corrected chi connectivity index (χ0v) is 15.9. The summed E-state index contributed by atoms with van der Waals surface area (Å²) in [6, 6.07) is 15.8. The molecule has 5 nitrogen and oxygen atoms in total. The van der Waals surface area contributed by atoms with Crippen molar-refractivity contribution in [1.82, 2.24) is 15.1 Å². The molecule has 1 aliphatic rings. The van der Waals surface area contributed by atoms with Crippen LogP contribution in [-0.4, -0.2) is 28.3 Å². The number of amides is 1. The van der Waals surface area contributed by atoms with Crippen LogP contribution in [0.15, 0.2) is 59.2 Å². The number of hydrogen-bond donors (Lipinski definition) is 1. The van der Waals surface area contributed by atoms with Gasteiger partial charge in [0.1, 0.15) is 11.9 Å². The number of para-hydroxylation sites is 1. The fraction of sp³-hybridized carbons (Fsp3) is 0.200. The number of fused-ring (bicyclic) bond motifs is 1. The summed E-state index contributed by atoms with van der Waals surface area (Å²) in [4.78, 5) is 12.6. The third-order valence-electron chi connectivity index (χ3n) is 4.51. The van der Waals surface area contributed by atoms with Crippen LogP contribution in [0.1, 0.15) is 21.6 Å². The molecule has 6 heteroatoms. The number of benzene rings is 2. The average Bonchev–Trinajstić information content (AvgIpc) is 3.22. The van der Waals surface area contributed by atoms with Gasteiger partial charge < -0.3 is 10.1 Å². The molecule has 0 spiro atoms. The first-order valence-electron chi connectivity index (χ1n) is 8.45. The van der Waals surface area contributed by atoms with E-state index in [1.807, 2.05) is 49.4 Å². The quantitative estimate of drug-likeness (QED) is 0.712. The highest BCUT2D eigenvalue weighted by Crippen LogP contribution is 2.27. The number of carbonyl (C=O) groups is 1. The van der Waals surface area contributed by atoms with Crippen molar-refractivity contribution in [3.05, 3.63) is 76.0 Å². The molecule has 4 rings (SSSR count). The predicted molar refractivity (Wildman–Crippen MR) is 103 cm³/mol. The minimum atomic E-state index is -0.136. The molecule has 0 fully saturated rings. The van der Waals surface area contributed by atoms with Crippen LogP contribution in [0.25, 0.3) is 5.69 Å². The van der Waals surface area contributed by atoms with Gasteiger partial charge in [-0.2, -0.15) is 5.10 Å². The van der Waals surface area contributed by atoms with Crippen molar-refractivity contribution in [2.45, 2.75) is 19.4 Å². The summed E-state index contributed by atoms with van der Waals surface area (Å²) in [6.07, 6.45) is 2.39. The molecule has 1 N–H and O–H groups in total. The van der Waals surface area contributed by atoms with E-state index in [1.54, 1.807) is 10.9 Å². The zero-order valence-electron chi connectivity index (χ0n) is 14.3. The minimum absolute atomic E-state index is 0.0308. The van der Waals surface area contributed by atoms with E-state index in [1.165, 1.54) is 5.56 Å². The lowest BCUT2D eigenvalue weighted by Crippen LogP contribution is -2.34. The Balaban J connectivity index is 1.43. The first-order valence-corrected chi connectivity index (χ1v) is 9.24. The van der Waals surface area contributed by atoms with Gasteiger partial charge in [0.05, 0.1) is 29.7 Å². The molecule has 1 aliphatic heterocycles. The smallest absolute Gasteiger partial charge is 0.254 e. The Bertz CT molecular complexity index is 942. The van der Waals surface area contributed by atoms with Crippen LogP contribution in [0.5, 0.6) is 5.75 Å². The van der Waals surface area contributed by atoms with Gasteiger partial charge in [-0.05, 0) is 36.8 Å². The Labute approximate surface area is 160 Å². The van der Waals surface area contributed by atoms with Gasteiger partial charge in [0.2, 0.25) is 0 Å². The van der Waals surface area contributed by atoms with Crippen molar-refractivity contribution < 1.29 is 9.53 Å². The van der Waals surface area contributed by atoms with E-state index < -0.39 is 0 Å². The van der Waals surface area contributed by atoms with Gasteiger partial charge in [0.25, 0.3) is 5.91 Å². The summed E-state index contributed by atoms with van der Waals surface area (Å²) in [7, 11) is 0. The monoisotopic (exact) mass is 411 g/mol. The molecule has 1 atom stereocenters. The standard InChI is InChI=1S/C20H18BrN3O2/c1-13-18(12-23-24(13)16-7-4-6-15(21)10-16)20(25)22-11-17-9-14-5-2-3-8-19(14)26-17/h2-8,10,12,17H,9,11H2,1H3,(H,22,25). The van der Waals surface area contributed by atoms with Crippen LogP contribution in [0, 0.1) is 6.92 Å². The van der Waals surface area contributed by atoms with E-state index in [0.717, 1.165) is 28.0 Å². The van der Waals surface area contributed by atoms with Gasteiger partial charge >= 0.3 is 0 Å². The Kier molecular flexibility index (Phi) is 4.51. The second-order valence-corrected chi connectivity index (χ2v) is 7.21. The number of nitrogens with one attached hydrogen (secondary N) is 1. The number of nitrogens with zero attached hydrogens (tertiary/aromatic N) is 2. The molecule has 2 heterocycles. The van der Waals surface area contributed by atoms with Gasteiger partial charge in [-0.15, -0.1) is 0 Å². The Hall–Kier alpha value is -2.60. The highest BCUT2D eigenvalue weighted by Gasteiger charge is 2.23. The van der Waals surface area contributed by atoms with Crippen molar-refractivity contribution in [2.24, 2.45) is 0 Å². The Morgan fingerprint density at radius 2 is 2.15 bits per heavy atom. The second-order valence-electron chi connectivity index (χ2n) is 6.30. The number of rotatable bonds is 4. The van der Waals surface area contributed by atoms with Crippen molar-refractivity contribution in [3.63, 3.8) is 0 Å². The topological polar surface area (TPSA) is 56.1 Å². The summed E-state index contributed by atoms with van der Waals surface area (Å²) >= 11 is 3.46. The molecule has 0 bridgehead atoms. The molecule has 0 saturated carbocycles. The highest BCUT2D eigenvalue weighted by molar-refractivity contribution is 9.10. The van der Waals surface area contributed by atoms with E-state index in [9.17, 15) is 4.79 Å². The summed E-state index contributed by atoms with van der Waals surface area (Å²) in [6.45, 7) is 2.36. The van der Waals surface area contributed by atoms with Crippen LogP contribution in [0.3, 0.4) is 0 Å². The zero-order chi connectivity index (χ0) is 18.1. The van der Waals surface area contributed by atoms with Crippen molar-refractivity contribution in [1.29, 1.82) is 0 Å². The fourth-order valence-corrected chi connectivity index (χ4v) is 3.56. The number of halogens is 1. The van der Waals surface area contributed by atoms with Gasteiger partial charge in [0, 0.05) is 10.9 Å². The molecule has 0 radical (unpaired) electrons. The average molecular weight is 412 g/mol. The molecular formula is C20H18BrN3O2. The van der Waals surface area contributed by atoms with Crippen molar-refractivity contribution in [3.8, 4) is 11.4 Å². The van der Waals surface area contributed by atoms with Gasteiger partial charge in [-0.1, -0.05) is 40.2 Å². The molecule has 26 heavy (non-hydrogen) atoms. The third-order valence-corrected chi connectivity index (χ3v) is 5.00. The van der Waals surface area contributed by atoms with Gasteiger partial charge in [-0.25, -0.2) is 4.68 Å². The van der Waals surface area contributed by atoms with E-state index in [-0.39, 0.29) is 12.0 Å². The van der Waals surface area contributed by atoms with Crippen LogP contribution >= 0.6 is 15.9 Å². The Morgan fingerprint density at radius 3 is 2.96 bits per heavy atom. The van der Waals surface area contributed by atoms with E-state index >= 15 is 0 Å². The minimum Gasteiger partial charge on any atom is -0.488 e. The third kappa shape index (κ3) is 3.24. The SMILES string of the molecule is Cc1c(C(=O)NCC2Cc3ccccc3O2)cnn1-c1cccc(Br)c1. The van der Waals surface area contributed by atoms with Gasteiger partial charge in [0.15, 0.2) is 0 Å². The molecule has 2 aromatic carbocycles. The summed E-state index contributed by atoms with van der Waals surface area (Å²) in [5, 5.41) is 7.33. The van der Waals surface area contributed by atoms with Gasteiger partial charge in [-0.3, -0.25) is 4.79 Å². The molecule has 3 aromatic rings. The largest absolute Gasteiger partial charge is 0.488 e. The lowest BCUT2D eigenvalue weighted by Gasteiger charge is -2.12. The second kappa shape index (κ2) is 6.96. The highest BCUT2D eigenvalue weighted by atomic mass is 79.9. The maximum Gasteiger partial charge on any atom is 0.254 e. The predicted octanol–water partition coefficient (Wildman–Crippen LogP) is 3.68. The maximum absolute atomic E-state index is 12.6. The van der Waals surface area contributed by atoms with Crippen molar-refractivity contribution in [2.75, 3.05) is 6.54 Å².